The van der Waals surface area contributed by atoms with Gasteiger partial charge in [-0.05, 0) is 24.3 Å². The van der Waals surface area contributed by atoms with Gasteiger partial charge in [0.25, 0.3) is 0 Å². The van der Waals surface area contributed by atoms with E-state index >= 15 is 0 Å². The van der Waals surface area contributed by atoms with Crippen molar-refractivity contribution in [2.45, 2.75) is 0 Å². The lowest BCUT2D eigenvalue weighted by atomic mass is 10.2. The molecule has 0 radical (unpaired) electrons. The maximum absolute atomic E-state index is 13.0. The topological polar surface area (TPSA) is 24.5 Å². The van der Waals surface area contributed by atoms with E-state index in [2.05, 4.69) is 22.3 Å². The number of nitrogens with one attached hydrogen (secondary N) is 1. The van der Waals surface area contributed by atoms with E-state index in [0.717, 1.165) is 25.3 Å². The van der Waals surface area contributed by atoms with E-state index in [1.165, 1.54) is 17.8 Å². The number of fused-ring (bicyclic) bond motifs is 1. The minimum absolute atomic E-state index is 0.269. The third-order valence-electron chi connectivity index (χ3n) is 3.37. The van der Waals surface area contributed by atoms with Gasteiger partial charge in [-0.25, -0.2) is 4.39 Å². The first-order valence-corrected chi connectivity index (χ1v) is 6.79. The molecule has 0 bridgehead atoms. The largest absolute Gasteiger partial charge is 0.492 e. The molecule has 0 saturated carbocycles. The molecule has 2 aromatic rings. The minimum Gasteiger partial charge on any atom is -0.492 e. The fraction of sp³-hybridized carbons (Fsp3) is 0.250. The quantitative estimate of drug-likeness (QED) is 0.925. The molecule has 4 heteroatoms. The Morgan fingerprint density at radius 3 is 2.95 bits per heavy atom. The average Bonchev–Trinajstić information content (AvgIpc) is 2.48. The van der Waals surface area contributed by atoms with Crippen molar-refractivity contribution in [2.24, 2.45) is 0 Å². The van der Waals surface area contributed by atoms with Crippen molar-refractivity contribution < 1.29 is 9.13 Å². The van der Waals surface area contributed by atoms with Gasteiger partial charge in [0.1, 0.15) is 18.2 Å². The number of para-hydroxylation sites is 2. The molecule has 104 valence electrons. The summed E-state index contributed by atoms with van der Waals surface area (Å²) in [5, 5.41) is 3.38. The van der Waals surface area contributed by atoms with Crippen molar-refractivity contribution in [3.8, 4) is 5.75 Å². The van der Waals surface area contributed by atoms with Crippen LogP contribution in [0, 0.1) is 5.82 Å². The number of nitrogens with zero attached hydrogens (tertiary/aromatic N) is 1. The van der Waals surface area contributed by atoms with Crippen molar-refractivity contribution in [1.29, 1.82) is 0 Å². The van der Waals surface area contributed by atoms with Gasteiger partial charge in [0.15, 0.2) is 0 Å². The zero-order chi connectivity index (χ0) is 13.8. The van der Waals surface area contributed by atoms with Gasteiger partial charge in [0, 0.05) is 19.2 Å². The fourth-order valence-electron chi connectivity index (χ4n) is 2.41. The minimum atomic E-state index is -0.269. The zero-order valence-electron chi connectivity index (χ0n) is 11.2. The first kappa shape index (κ1) is 12.8. The van der Waals surface area contributed by atoms with Crippen LogP contribution >= 0.6 is 0 Å². The molecule has 0 amide bonds. The predicted molar refractivity (Wildman–Crippen MR) is 79.0 cm³/mol. The highest BCUT2D eigenvalue weighted by molar-refractivity contribution is 5.71. The highest BCUT2D eigenvalue weighted by Gasteiger charge is 2.15. The standard InChI is InChI=1S/C16H17FN2O/c17-13-4-3-5-14(12-13)20-11-10-19-9-8-18-15-6-1-2-7-16(15)19/h1-7,12,18H,8-11H2. The summed E-state index contributed by atoms with van der Waals surface area (Å²) in [5.74, 6) is 0.309. The number of hydrogen-bond acceptors (Lipinski definition) is 3. The van der Waals surface area contributed by atoms with E-state index in [-0.39, 0.29) is 5.82 Å². The van der Waals surface area contributed by atoms with Crippen LogP contribution in [0.5, 0.6) is 5.75 Å². The maximum atomic E-state index is 13.0. The summed E-state index contributed by atoms with van der Waals surface area (Å²) in [4.78, 5) is 2.28. The Hall–Kier alpha value is -2.23. The Bertz CT molecular complexity index is 588. The second-order valence-corrected chi connectivity index (χ2v) is 4.74. The number of benzene rings is 2. The van der Waals surface area contributed by atoms with Gasteiger partial charge < -0.3 is 15.0 Å². The van der Waals surface area contributed by atoms with Crippen LogP contribution in [0.2, 0.25) is 0 Å². The van der Waals surface area contributed by atoms with Crippen LogP contribution in [0.4, 0.5) is 15.8 Å². The van der Waals surface area contributed by atoms with Gasteiger partial charge in [0.2, 0.25) is 0 Å². The van der Waals surface area contributed by atoms with E-state index in [4.69, 9.17) is 4.74 Å². The summed E-state index contributed by atoms with van der Waals surface area (Å²) < 4.78 is 18.7. The van der Waals surface area contributed by atoms with Crippen molar-refractivity contribution in [3.63, 3.8) is 0 Å². The van der Waals surface area contributed by atoms with Crippen LogP contribution in [-0.2, 0) is 0 Å². The van der Waals surface area contributed by atoms with Gasteiger partial charge in [0.05, 0.1) is 17.9 Å². The molecule has 20 heavy (non-hydrogen) atoms. The van der Waals surface area contributed by atoms with Crippen LogP contribution < -0.4 is 15.0 Å². The summed E-state index contributed by atoms with van der Waals surface area (Å²) in [6.07, 6.45) is 0. The molecule has 2 aromatic carbocycles. The molecule has 1 heterocycles. The highest BCUT2D eigenvalue weighted by Crippen LogP contribution is 2.27. The lowest BCUT2D eigenvalue weighted by Crippen LogP contribution is -2.36. The number of hydrogen-bond donors (Lipinski definition) is 1. The third-order valence-corrected chi connectivity index (χ3v) is 3.37. The van der Waals surface area contributed by atoms with Crippen LogP contribution in [-0.4, -0.2) is 26.2 Å². The normalized spacial score (nSPS) is 13.6. The molecule has 0 spiro atoms. The highest BCUT2D eigenvalue weighted by atomic mass is 19.1. The molecule has 0 fully saturated rings. The van der Waals surface area contributed by atoms with Crippen LogP contribution in [0.15, 0.2) is 48.5 Å². The fourth-order valence-corrected chi connectivity index (χ4v) is 2.41. The molecule has 3 nitrogen and oxygen atoms in total. The third kappa shape index (κ3) is 2.85. The predicted octanol–water partition coefficient (Wildman–Crippen LogP) is 3.14. The Kier molecular flexibility index (Phi) is 3.72. The van der Waals surface area contributed by atoms with Crippen molar-refractivity contribution >= 4 is 11.4 Å². The Morgan fingerprint density at radius 1 is 1.15 bits per heavy atom. The lowest BCUT2D eigenvalue weighted by Gasteiger charge is -2.31. The summed E-state index contributed by atoms with van der Waals surface area (Å²) in [6, 6.07) is 14.5. The van der Waals surface area contributed by atoms with Crippen LogP contribution in [0.1, 0.15) is 0 Å². The molecular weight excluding hydrogens is 255 g/mol. The van der Waals surface area contributed by atoms with Crippen molar-refractivity contribution in [1.82, 2.24) is 0 Å². The molecule has 3 rings (SSSR count). The monoisotopic (exact) mass is 272 g/mol. The smallest absolute Gasteiger partial charge is 0.126 e. The van der Waals surface area contributed by atoms with Gasteiger partial charge in [-0.3, -0.25) is 0 Å². The van der Waals surface area contributed by atoms with Crippen LogP contribution in [0.3, 0.4) is 0 Å². The molecule has 1 aliphatic rings. The van der Waals surface area contributed by atoms with Crippen molar-refractivity contribution in [3.05, 3.63) is 54.3 Å². The maximum Gasteiger partial charge on any atom is 0.126 e. The first-order valence-electron chi connectivity index (χ1n) is 6.79. The van der Waals surface area contributed by atoms with E-state index in [1.54, 1.807) is 12.1 Å². The molecular formula is C16H17FN2O. The molecule has 0 aliphatic carbocycles. The molecule has 1 N–H and O–H groups in total. The number of anilines is 2. The van der Waals surface area contributed by atoms with Gasteiger partial charge in [-0.2, -0.15) is 0 Å². The van der Waals surface area contributed by atoms with E-state index in [0.29, 0.717) is 12.4 Å². The number of ether oxygens (including phenoxy) is 1. The Morgan fingerprint density at radius 2 is 2.05 bits per heavy atom. The van der Waals surface area contributed by atoms with Crippen LogP contribution in [0.25, 0.3) is 0 Å². The van der Waals surface area contributed by atoms with E-state index in [9.17, 15) is 4.39 Å². The van der Waals surface area contributed by atoms with Gasteiger partial charge in [-0.15, -0.1) is 0 Å². The SMILES string of the molecule is Fc1cccc(OCCN2CCNc3ccccc32)c1. The molecule has 0 unspecified atom stereocenters. The summed E-state index contributed by atoms with van der Waals surface area (Å²) in [7, 11) is 0. The summed E-state index contributed by atoms with van der Waals surface area (Å²) in [5.41, 5.74) is 2.35. The average molecular weight is 272 g/mol. The second-order valence-electron chi connectivity index (χ2n) is 4.74. The summed E-state index contributed by atoms with van der Waals surface area (Å²) in [6.45, 7) is 3.20. The van der Waals surface area contributed by atoms with E-state index < -0.39 is 0 Å². The van der Waals surface area contributed by atoms with Gasteiger partial charge in [-0.1, -0.05) is 18.2 Å². The molecule has 0 saturated heterocycles. The number of rotatable bonds is 4. The number of halogens is 1. The summed E-state index contributed by atoms with van der Waals surface area (Å²) >= 11 is 0. The van der Waals surface area contributed by atoms with Gasteiger partial charge >= 0.3 is 0 Å². The Balaban J connectivity index is 1.60. The molecule has 0 atom stereocenters. The molecule has 0 aromatic heterocycles. The van der Waals surface area contributed by atoms with Crippen molar-refractivity contribution in [2.75, 3.05) is 36.5 Å². The second kappa shape index (κ2) is 5.82. The first-order chi connectivity index (χ1) is 9.83. The zero-order valence-corrected chi connectivity index (χ0v) is 11.2. The Labute approximate surface area is 118 Å². The molecule has 1 aliphatic heterocycles. The van der Waals surface area contributed by atoms with E-state index in [1.807, 2.05) is 12.1 Å². The lowest BCUT2D eigenvalue weighted by molar-refractivity contribution is 0.322.